The summed E-state index contributed by atoms with van der Waals surface area (Å²) in [5.41, 5.74) is 0. The van der Waals surface area contributed by atoms with E-state index in [4.69, 9.17) is 42.6 Å². The largest absolute Gasteiger partial charge is 0.394 e. The quantitative estimate of drug-likeness (QED) is 0.0773. The SMILES string of the molecule is OCC1OC(OC2C(OC3C(OC4C(OC5(CO)OC(CO)C(O)C5O)OC(CO)C(O)C4O)OC(CO)C(O)C3O)OC(CO)C(O)C2O)C(O)C(O)C1O. The van der Waals surface area contributed by atoms with E-state index in [1.807, 2.05) is 0 Å². The summed E-state index contributed by atoms with van der Waals surface area (Å²) in [6.07, 6.45) is -44.6. The fourth-order valence-corrected chi connectivity index (χ4v) is 7.03. The molecule has 5 heterocycles. The summed E-state index contributed by atoms with van der Waals surface area (Å²) in [7, 11) is 0. The highest BCUT2D eigenvalue weighted by molar-refractivity contribution is 5.00. The second-order valence-corrected chi connectivity index (χ2v) is 14.0. The third-order valence-electron chi connectivity index (χ3n) is 10.4. The summed E-state index contributed by atoms with van der Waals surface area (Å²) in [5, 5.41) is 177. The molecule has 5 saturated heterocycles. The maximum atomic E-state index is 11.3. The van der Waals surface area contributed by atoms with Gasteiger partial charge in [0.2, 0.25) is 5.79 Å². The van der Waals surface area contributed by atoms with Gasteiger partial charge in [0.15, 0.2) is 25.2 Å². The van der Waals surface area contributed by atoms with Crippen LogP contribution in [0.2, 0.25) is 0 Å². The van der Waals surface area contributed by atoms with E-state index in [9.17, 15) is 86.8 Å². The molecule has 5 fully saturated rings. The molecule has 328 valence electrons. The predicted molar refractivity (Wildman–Crippen MR) is 167 cm³/mol. The van der Waals surface area contributed by atoms with Crippen molar-refractivity contribution in [3.63, 3.8) is 0 Å². The molecule has 5 rings (SSSR count). The van der Waals surface area contributed by atoms with Gasteiger partial charge in [-0.3, -0.25) is 0 Å². The minimum atomic E-state index is -2.60. The standard InChI is InChI=1S/C30H52O26/c31-1-7-12(37)17(42)21(46)26(48-7)52-22-18(43)13(38)8(2-32)49-27(22)53-23-19(44)14(39)9(3-33)50-28(23)54-24-20(45)15(40)10(4-34)51-29(24)56-30(6-36)25(47)16(41)11(5-35)55-30/h7-29,31-47H,1-6H2. The summed E-state index contributed by atoms with van der Waals surface area (Å²) in [4.78, 5) is 0. The molecule has 24 unspecified atom stereocenters. The molecule has 56 heavy (non-hydrogen) atoms. The molecule has 26 nitrogen and oxygen atoms in total. The van der Waals surface area contributed by atoms with E-state index >= 15 is 0 Å². The number of hydrogen-bond acceptors (Lipinski definition) is 26. The summed E-state index contributed by atoms with van der Waals surface area (Å²) in [6.45, 7) is -5.90. The first-order chi connectivity index (χ1) is 26.5. The molecule has 0 aliphatic carbocycles. The van der Waals surface area contributed by atoms with Gasteiger partial charge in [0.05, 0.1) is 33.0 Å². The smallest absolute Gasteiger partial charge is 0.224 e. The molecule has 0 radical (unpaired) electrons. The maximum Gasteiger partial charge on any atom is 0.224 e. The van der Waals surface area contributed by atoms with Crippen molar-refractivity contribution >= 4 is 0 Å². The zero-order valence-corrected chi connectivity index (χ0v) is 29.3. The number of ether oxygens (including phenoxy) is 9. The Balaban J connectivity index is 1.47. The Morgan fingerprint density at radius 1 is 0.357 bits per heavy atom. The third kappa shape index (κ3) is 8.73. The Kier molecular flexibility index (Phi) is 15.7. The van der Waals surface area contributed by atoms with Gasteiger partial charge in [-0.05, 0) is 0 Å². The molecule has 0 aromatic carbocycles. The van der Waals surface area contributed by atoms with Gasteiger partial charge < -0.3 is 129 Å². The molecule has 0 aromatic rings. The number of hydrogen-bond donors (Lipinski definition) is 17. The lowest BCUT2D eigenvalue weighted by atomic mass is 9.96. The van der Waals surface area contributed by atoms with Crippen LogP contribution >= 0.6 is 0 Å². The number of aliphatic hydroxyl groups excluding tert-OH is 17. The van der Waals surface area contributed by atoms with Crippen LogP contribution in [0.15, 0.2) is 0 Å². The fraction of sp³-hybridized carbons (Fsp3) is 1.00. The molecule has 0 aromatic heterocycles. The topological polar surface area (TPSA) is 427 Å². The van der Waals surface area contributed by atoms with Crippen LogP contribution in [0.25, 0.3) is 0 Å². The van der Waals surface area contributed by atoms with Gasteiger partial charge in [0.25, 0.3) is 0 Å². The molecule has 0 spiro atoms. The van der Waals surface area contributed by atoms with Crippen molar-refractivity contribution in [2.75, 3.05) is 39.6 Å². The van der Waals surface area contributed by atoms with Crippen LogP contribution in [0.3, 0.4) is 0 Å². The summed E-state index contributed by atoms with van der Waals surface area (Å²) in [5.74, 6) is -2.60. The number of rotatable bonds is 14. The van der Waals surface area contributed by atoms with Crippen LogP contribution in [0, 0.1) is 0 Å². The zero-order chi connectivity index (χ0) is 41.4. The van der Waals surface area contributed by atoms with E-state index in [-0.39, 0.29) is 0 Å². The lowest BCUT2D eigenvalue weighted by Crippen LogP contribution is -2.68. The van der Waals surface area contributed by atoms with Crippen LogP contribution in [-0.2, 0) is 42.6 Å². The Hall–Kier alpha value is -1.04. The van der Waals surface area contributed by atoms with Crippen LogP contribution in [-0.4, -0.2) is 273 Å². The molecule has 26 heteroatoms. The average Bonchev–Trinajstić information content (AvgIpc) is 3.44. The van der Waals surface area contributed by atoms with Gasteiger partial charge >= 0.3 is 0 Å². The van der Waals surface area contributed by atoms with Crippen molar-refractivity contribution < 1.29 is 129 Å². The highest BCUT2D eigenvalue weighted by atomic mass is 16.8. The maximum absolute atomic E-state index is 11.3. The van der Waals surface area contributed by atoms with E-state index in [2.05, 4.69) is 0 Å². The van der Waals surface area contributed by atoms with Gasteiger partial charge in [0.1, 0.15) is 123 Å². The van der Waals surface area contributed by atoms with E-state index in [0.29, 0.717) is 0 Å². The molecule has 17 N–H and O–H groups in total. The normalized spacial score (nSPS) is 53.0. The van der Waals surface area contributed by atoms with Crippen LogP contribution in [0.1, 0.15) is 0 Å². The van der Waals surface area contributed by atoms with Gasteiger partial charge in [-0.1, -0.05) is 0 Å². The van der Waals surface area contributed by atoms with Crippen molar-refractivity contribution in [1.82, 2.24) is 0 Å². The second-order valence-electron chi connectivity index (χ2n) is 14.0. The van der Waals surface area contributed by atoms with E-state index < -0.39 is 187 Å². The van der Waals surface area contributed by atoms with Gasteiger partial charge in [-0.15, -0.1) is 0 Å². The Bertz CT molecular complexity index is 1220. The summed E-state index contributed by atoms with van der Waals surface area (Å²) in [6, 6.07) is 0. The zero-order valence-electron chi connectivity index (χ0n) is 29.3. The first-order valence-corrected chi connectivity index (χ1v) is 17.6. The fourth-order valence-electron chi connectivity index (χ4n) is 7.03. The minimum absolute atomic E-state index is 0.875. The molecule has 0 bridgehead atoms. The van der Waals surface area contributed by atoms with Crippen molar-refractivity contribution in [3.05, 3.63) is 0 Å². The predicted octanol–water partition coefficient (Wildman–Crippen LogP) is -11.9. The lowest BCUT2D eigenvalue weighted by Gasteiger charge is -2.50. The Labute approximate surface area is 316 Å². The monoisotopic (exact) mass is 828 g/mol. The van der Waals surface area contributed by atoms with Gasteiger partial charge in [0, 0.05) is 0 Å². The first-order valence-electron chi connectivity index (χ1n) is 17.6. The lowest BCUT2D eigenvalue weighted by molar-refractivity contribution is -0.421. The molecule has 5 aliphatic rings. The van der Waals surface area contributed by atoms with Crippen LogP contribution < -0.4 is 0 Å². The first kappa shape index (κ1) is 46.0. The van der Waals surface area contributed by atoms with Gasteiger partial charge in [-0.25, -0.2) is 0 Å². The molecule has 0 amide bonds. The third-order valence-corrected chi connectivity index (χ3v) is 10.4. The molecular weight excluding hydrogens is 776 g/mol. The summed E-state index contributed by atoms with van der Waals surface area (Å²) < 4.78 is 50.6. The molecular formula is C30H52O26. The molecule has 0 saturated carbocycles. The summed E-state index contributed by atoms with van der Waals surface area (Å²) >= 11 is 0. The van der Waals surface area contributed by atoms with E-state index in [1.54, 1.807) is 0 Å². The Morgan fingerprint density at radius 3 is 1.07 bits per heavy atom. The Morgan fingerprint density at radius 2 is 0.696 bits per heavy atom. The van der Waals surface area contributed by atoms with E-state index in [1.165, 1.54) is 0 Å². The van der Waals surface area contributed by atoms with Crippen molar-refractivity contribution in [2.24, 2.45) is 0 Å². The van der Waals surface area contributed by atoms with Crippen molar-refractivity contribution in [2.45, 2.75) is 147 Å². The van der Waals surface area contributed by atoms with Crippen molar-refractivity contribution in [3.8, 4) is 0 Å². The average molecular weight is 829 g/mol. The minimum Gasteiger partial charge on any atom is -0.394 e. The second kappa shape index (κ2) is 19.1. The highest BCUT2D eigenvalue weighted by Crippen LogP contribution is 2.39. The molecule has 24 atom stereocenters. The molecule has 5 aliphatic heterocycles. The number of aliphatic hydroxyl groups is 17. The van der Waals surface area contributed by atoms with Crippen LogP contribution in [0.5, 0.6) is 0 Å². The van der Waals surface area contributed by atoms with Gasteiger partial charge in [-0.2, -0.15) is 0 Å². The highest BCUT2D eigenvalue weighted by Gasteiger charge is 2.60. The van der Waals surface area contributed by atoms with Crippen LogP contribution in [0.4, 0.5) is 0 Å². The van der Waals surface area contributed by atoms with E-state index in [0.717, 1.165) is 0 Å². The van der Waals surface area contributed by atoms with Crippen molar-refractivity contribution in [1.29, 1.82) is 0 Å².